The van der Waals surface area contributed by atoms with E-state index in [0.717, 1.165) is 5.69 Å². The van der Waals surface area contributed by atoms with Crippen LogP contribution in [-0.2, 0) is 4.79 Å². The first-order chi connectivity index (χ1) is 11.4. The minimum absolute atomic E-state index is 0.129. The van der Waals surface area contributed by atoms with E-state index in [1.54, 1.807) is 11.0 Å². The zero-order chi connectivity index (χ0) is 17.3. The molecule has 1 atom stereocenters. The van der Waals surface area contributed by atoms with Gasteiger partial charge in [0.1, 0.15) is 5.54 Å². The maximum absolute atomic E-state index is 12.8. The van der Waals surface area contributed by atoms with Crippen molar-refractivity contribution in [3.8, 4) is 0 Å². The molecule has 2 aliphatic heterocycles. The van der Waals surface area contributed by atoms with Gasteiger partial charge in [0.05, 0.1) is 6.54 Å². The molecule has 0 aromatic heterocycles. The Labute approximate surface area is 140 Å². The average Bonchev–Trinajstić information content (AvgIpc) is 2.79. The van der Waals surface area contributed by atoms with Crippen LogP contribution in [0.3, 0.4) is 0 Å². The van der Waals surface area contributed by atoms with Crippen molar-refractivity contribution in [1.29, 1.82) is 0 Å². The highest BCUT2D eigenvalue weighted by molar-refractivity contribution is 6.07. The fourth-order valence-corrected chi connectivity index (χ4v) is 3.30. The lowest BCUT2D eigenvalue weighted by Gasteiger charge is -2.38. The molecule has 0 aliphatic carbocycles. The number of rotatable bonds is 3. The van der Waals surface area contributed by atoms with Gasteiger partial charge in [0.25, 0.3) is 11.8 Å². The van der Waals surface area contributed by atoms with Crippen LogP contribution in [-0.4, -0.2) is 47.4 Å². The minimum Gasteiger partial charge on any atom is -0.383 e. The summed E-state index contributed by atoms with van der Waals surface area (Å²) < 4.78 is 0. The van der Waals surface area contributed by atoms with E-state index in [4.69, 9.17) is 0 Å². The number of likely N-dealkylation sites (tertiary alicyclic amines) is 1. The van der Waals surface area contributed by atoms with Crippen LogP contribution in [0.1, 0.15) is 37.0 Å². The predicted molar refractivity (Wildman–Crippen MR) is 89.7 cm³/mol. The van der Waals surface area contributed by atoms with E-state index < -0.39 is 11.6 Å². The summed E-state index contributed by atoms with van der Waals surface area (Å²) in [7, 11) is 0. The number of carbonyl (C=O) groups excluding carboxylic acids is 3. The first-order valence-electron chi connectivity index (χ1n) is 8.19. The molecule has 0 saturated carbocycles. The molecule has 128 valence electrons. The second-order valence-corrected chi connectivity index (χ2v) is 6.70. The molecule has 3 N–H and O–H groups in total. The summed E-state index contributed by atoms with van der Waals surface area (Å²) in [4.78, 5) is 38.0. The van der Waals surface area contributed by atoms with Crippen LogP contribution in [0.2, 0.25) is 0 Å². The molecular formula is C17H22N4O3. The van der Waals surface area contributed by atoms with Gasteiger partial charge in [-0.15, -0.1) is 0 Å². The Balaban J connectivity index is 1.78. The van der Waals surface area contributed by atoms with Gasteiger partial charge in [-0.05, 0) is 44.9 Å². The van der Waals surface area contributed by atoms with Crippen molar-refractivity contribution in [3.63, 3.8) is 0 Å². The van der Waals surface area contributed by atoms with Crippen LogP contribution in [0.15, 0.2) is 24.3 Å². The minimum atomic E-state index is -0.987. The number of carbonyl (C=O) groups is 3. The predicted octanol–water partition coefficient (Wildman–Crippen LogP) is 1.32. The van der Waals surface area contributed by atoms with Crippen molar-refractivity contribution < 1.29 is 14.4 Å². The van der Waals surface area contributed by atoms with Gasteiger partial charge in [0.2, 0.25) is 0 Å². The fourth-order valence-electron chi connectivity index (χ4n) is 3.30. The largest absolute Gasteiger partial charge is 0.383 e. The van der Waals surface area contributed by atoms with Gasteiger partial charge in [0, 0.05) is 23.8 Å². The summed E-state index contributed by atoms with van der Waals surface area (Å²) in [5, 5.41) is 8.23. The number of amides is 4. The molecule has 1 aromatic rings. The summed E-state index contributed by atoms with van der Waals surface area (Å²) in [6.45, 7) is 4.84. The highest BCUT2D eigenvalue weighted by atomic mass is 16.2. The van der Waals surface area contributed by atoms with Gasteiger partial charge in [0.15, 0.2) is 0 Å². The normalized spacial score (nSPS) is 23.4. The fraction of sp³-hybridized carbons (Fsp3) is 0.471. The molecule has 2 saturated heterocycles. The number of imide groups is 1. The zero-order valence-corrected chi connectivity index (χ0v) is 13.9. The molecule has 0 unspecified atom stereocenters. The molecule has 2 fully saturated rings. The molecule has 0 radical (unpaired) electrons. The Morgan fingerprint density at radius 3 is 2.79 bits per heavy atom. The van der Waals surface area contributed by atoms with Gasteiger partial charge < -0.3 is 15.5 Å². The number of hydrogen-bond donors (Lipinski definition) is 3. The van der Waals surface area contributed by atoms with E-state index in [2.05, 4.69) is 16.0 Å². The molecule has 2 aliphatic rings. The van der Waals surface area contributed by atoms with Crippen molar-refractivity contribution in [2.45, 2.75) is 38.3 Å². The zero-order valence-electron chi connectivity index (χ0n) is 13.9. The van der Waals surface area contributed by atoms with Crippen molar-refractivity contribution in [3.05, 3.63) is 29.8 Å². The standard InChI is InChI=1S/C17H22N4O3/c1-11(2)18-13-6-3-5-12(9-13)14(22)21-8-4-7-17(10-21)15(23)19-16(24)20-17/h3,5-6,9,11,18H,4,7-8,10H2,1-2H3,(H2,19,20,23,24)/t17-/m1/s1. The highest BCUT2D eigenvalue weighted by Crippen LogP contribution is 2.26. The second-order valence-electron chi connectivity index (χ2n) is 6.70. The van der Waals surface area contributed by atoms with Gasteiger partial charge in [-0.1, -0.05) is 6.07 Å². The number of anilines is 1. The summed E-state index contributed by atoms with van der Waals surface area (Å²) in [5.41, 5.74) is 0.468. The topological polar surface area (TPSA) is 90.5 Å². The van der Waals surface area contributed by atoms with Crippen LogP contribution >= 0.6 is 0 Å². The average molecular weight is 330 g/mol. The first-order valence-corrected chi connectivity index (χ1v) is 8.19. The smallest absolute Gasteiger partial charge is 0.322 e. The molecule has 1 aromatic carbocycles. The lowest BCUT2D eigenvalue weighted by Crippen LogP contribution is -2.59. The molecular weight excluding hydrogens is 308 g/mol. The highest BCUT2D eigenvalue weighted by Gasteiger charge is 2.49. The van der Waals surface area contributed by atoms with Gasteiger partial charge >= 0.3 is 6.03 Å². The van der Waals surface area contributed by atoms with Crippen LogP contribution in [0, 0.1) is 0 Å². The Bertz CT molecular complexity index is 688. The number of nitrogens with zero attached hydrogens (tertiary/aromatic N) is 1. The van der Waals surface area contributed by atoms with E-state index in [9.17, 15) is 14.4 Å². The summed E-state index contributed by atoms with van der Waals surface area (Å²) in [6.07, 6.45) is 1.21. The molecule has 7 heteroatoms. The Hall–Kier alpha value is -2.57. The summed E-state index contributed by atoms with van der Waals surface area (Å²) >= 11 is 0. The lowest BCUT2D eigenvalue weighted by molar-refractivity contribution is -0.125. The van der Waals surface area contributed by atoms with E-state index >= 15 is 0 Å². The molecule has 24 heavy (non-hydrogen) atoms. The third kappa shape index (κ3) is 3.06. The van der Waals surface area contributed by atoms with Crippen molar-refractivity contribution in [2.24, 2.45) is 0 Å². The van der Waals surface area contributed by atoms with Crippen molar-refractivity contribution in [1.82, 2.24) is 15.5 Å². The maximum atomic E-state index is 12.8. The molecule has 1 spiro atoms. The van der Waals surface area contributed by atoms with E-state index in [-0.39, 0.29) is 24.4 Å². The van der Waals surface area contributed by atoms with E-state index in [1.807, 2.05) is 32.0 Å². The molecule has 2 heterocycles. The van der Waals surface area contributed by atoms with Crippen LogP contribution < -0.4 is 16.0 Å². The van der Waals surface area contributed by atoms with Crippen LogP contribution in [0.25, 0.3) is 0 Å². The quantitative estimate of drug-likeness (QED) is 0.729. The molecule has 3 rings (SSSR count). The van der Waals surface area contributed by atoms with Crippen molar-refractivity contribution >= 4 is 23.5 Å². The molecule has 4 amide bonds. The van der Waals surface area contributed by atoms with Gasteiger partial charge in [-0.2, -0.15) is 0 Å². The second kappa shape index (κ2) is 6.14. The maximum Gasteiger partial charge on any atom is 0.322 e. The number of piperidine rings is 1. The first kappa shape index (κ1) is 16.3. The monoisotopic (exact) mass is 330 g/mol. The summed E-state index contributed by atoms with van der Waals surface area (Å²) in [5.74, 6) is -0.476. The molecule has 7 nitrogen and oxygen atoms in total. The van der Waals surface area contributed by atoms with Crippen LogP contribution in [0.5, 0.6) is 0 Å². The van der Waals surface area contributed by atoms with E-state index in [1.165, 1.54) is 0 Å². The number of nitrogens with one attached hydrogen (secondary N) is 3. The SMILES string of the molecule is CC(C)Nc1cccc(C(=O)N2CCC[C@]3(C2)NC(=O)NC3=O)c1. The number of benzene rings is 1. The third-order valence-electron chi connectivity index (χ3n) is 4.36. The third-order valence-corrected chi connectivity index (χ3v) is 4.36. The lowest BCUT2D eigenvalue weighted by atomic mass is 9.89. The van der Waals surface area contributed by atoms with Gasteiger partial charge in [-0.3, -0.25) is 14.9 Å². The van der Waals surface area contributed by atoms with Crippen molar-refractivity contribution in [2.75, 3.05) is 18.4 Å². The Morgan fingerprint density at radius 1 is 1.33 bits per heavy atom. The van der Waals surface area contributed by atoms with Crippen LogP contribution in [0.4, 0.5) is 10.5 Å². The Morgan fingerprint density at radius 2 is 2.12 bits per heavy atom. The van der Waals surface area contributed by atoms with Gasteiger partial charge in [-0.25, -0.2) is 4.79 Å². The Kier molecular flexibility index (Phi) is 4.17. The summed E-state index contributed by atoms with van der Waals surface area (Å²) in [6, 6.07) is 7.11. The van der Waals surface area contributed by atoms with E-state index in [0.29, 0.717) is 24.9 Å². The number of hydrogen-bond acceptors (Lipinski definition) is 4. The molecule has 0 bridgehead atoms. The number of urea groups is 1.